The molecule has 0 aliphatic carbocycles. The maximum atomic E-state index is 7.29. The quantitative estimate of drug-likeness (QED) is 0.609. The van der Waals surface area contributed by atoms with Gasteiger partial charge in [0.15, 0.2) is 5.90 Å². The van der Waals surface area contributed by atoms with Crippen LogP contribution < -0.4 is 4.74 Å². The Hall–Kier alpha value is -1.51. The summed E-state index contributed by atoms with van der Waals surface area (Å²) >= 11 is 0. The summed E-state index contributed by atoms with van der Waals surface area (Å²) in [6.07, 6.45) is 0.504. The van der Waals surface area contributed by atoms with E-state index < -0.39 is 0 Å². The van der Waals surface area contributed by atoms with Crippen LogP contribution in [-0.4, -0.2) is 19.6 Å². The smallest absolute Gasteiger partial charge is 0.183 e. The van der Waals surface area contributed by atoms with Crippen molar-refractivity contribution in [1.82, 2.24) is 0 Å². The van der Waals surface area contributed by atoms with E-state index in [2.05, 4.69) is 13.0 Å². The monoisotopic (exact) mass is 207 g/mol. The highest BCUT2D eigenvalue weighted by Crippen LogP contribution is 2.18. The fourth-order valence-corrected chi connectivity index (χ4v) is 1.32. The zero-order chi connectivity index (χ0) is 11.3. The first-order valence-electron chi connectivity index (χ1n) is 4.95. The first-order chi connectivity index (χ1) is 7.13. The Balaban J connectivity index is 2.47. The maximum absolute atomic E-state index is 7.29. The van der Waals surface area contributed by atoms with Gasteiger partial charge in [-0.1, -0.05) is 17.7 Å². The summed E-state index contributed by atoms with van der Waals surface area (Å²) < 4.78 is 10.3. The molecule has 0 saturated carbocycles. The van der Waals surface area contributed by atoms with Crippen molar-refractivity contribution in [3.8, 4) is 5.75 Å². The second kappa shape index (κ2) is 5.39. The highest BCUT2D eigenvalue weighted by molar-refractivity contribution is 5.72. The minimum atomic E-state index is 0.250. The second-order valence-corrected chi connectivity index (χ2v) is 3.49. The van der Waals surface area contributed by atoms with E-state index in [9.17, 15) is 0 Å². The summed E-state index contributed by atoms with van der Waals surface area (Å²) in [5, 5.41) is 7.29. The molecule has 0 aliphatic rings. The summed E-state index contributed by atoms with van der Waals surface area (Å²) in [5.74, 6) is 1.13. The van der Waals surface area contributed by atoms with Gasteiger partial charge in [0.05, 0.1) is 20.1 Å². The standard InChI is InChI=1S/C12H17NO2/c1-9-4-5-11(10(2)8-9)15-7-6-12(13)14-3/h4-5,8,13H,6-7H2,1-3H3. The highest BCUT2D eigenvalue weighted by Gasteiger charge is 2.00. The minimum absolute atomic E-state index is 0.250. The molecular weight excluding hydrogens is 190 g/mol. The number of ether oxygens (including phenoxy) is 2. The average Bonchev–Trinajstić information content (AvgIpc) is 2.21. The number of hydrogen-bond donors (Lipinski definition) is 1. The molecule has 0 aromatic heterocycles. The Morgan fingerprint density at radius 1 is 1.33 bits per heavy atom. The SMILES string of the molecule is COC(=N)CCOc1ccc(C)cc1C. The van der Waals surface area contributed by atoms with Gasteiger partial charge in [-0.2, -0.15) is 0 Å². The van der Waals surface area contributed by atoms with Crippen LogP contribution in [0.15, 0.2) is 18.2 Å². The number of hydrogen-bond acceptors (Lipinski definition) is 3. The lowest BCUT2D eigenvalue weighted by molar-refractivity contribution is 0.305. The van der Waals surface area contributed by atoms with Crippen LogP contribution in [0.4, 0.5) is 0 Å². The molecule has 15 heavy (non-hydrogen) atoms. The molecule has 0 aliphatic heterocycles. The summed E-state index contributed by atoms with van der Waals surface area (Å²) in [6.45, 7) is 4.55. The average molecular weight is 207 g/mol. The molecule has 0 fully saturated rings. The molecule has 3 nitrogen and oxygen atoms in total. The van der Waals surface area contributed by atoms with Gasteiger partial charge in [0, 0.05) is 0 Å². The van der Waals surface area contributed by atoms with Gasteiger partial charge in [0.25, 0.3) is 0 Å². The van der Waals surface area contributed by atoms with Crippen molar-refractivity contribution < 1.29 is 9.47 Å². The maximum Gasteiger partial charge on any atom is 0.183 e. The molecule has 0 radical (unpaired) electrons. The Morgan fingerprint density at radius 2 is 2.07 bits per heavy atom. The summed E-state index contributed by atoms with van der Waals surface area (Å²) in [4.78, 5) is 0. The molecule has 0 spiro atoms. The van der Waals surface area contributed by atoms with Gasteiger partial charge in [0.1, 0.15) is 5.75 Å². The van der Waals surface area contributed by atoms with Crippen molar-refractivity contribution in [2.45, 2.75) is 20.3 Å². The number of aryl methyl sites for hydroxylation is 2. The molecule has 3 heteroatoms. The fourth-order valence-electron chi connectivity index (χ4n) is 1.32. The van der Waals surface area contributed by atoms with E-state index in [1.54, 1.807) is 0 Å². The fraction of sp³-hybridized carbons (Fsp3) is 0.417. The zero-order valence-corrected chi connectivity index (χ0v) is 9.46. The topological polar surface area (TPSA) is 42.3 Å². The van der Waals surface area contributed by atoms with Gasteiger partial charge in [-0.05, 0) is 25.5 Å². The van der Waals surface area contributed by atoms with Gasteiger partial charge < -0.3 is 9.47 Å². The van der Waals surface area contributed by atoms with Crippen LogP contribution in [0.3, 0.4) is 0 Å². The largest absolute Gasteiger partial charge is 0.493 e. The third-order valence-corrected chi connectivity index (χ3v) is 2.16. The molecule has 0 atom stereocenters. The Morgan fingerprint density at radius 3 is 2.67 bits per heavy atom. The van der Waals surface area contributed by atoms with Crippen molar-refractivity contribution in [3.63, 3.8) is 0 Å². The summed E-state index contributed by atoms with van der Waals surface area (Å²) in [7, 11) is 1.50. The third kappa shape index (κ3) is 3.62. The molecule has 1 aromatic carbocycles. The molecule has 0 unspecified atom stereocenters. The van der Waals surface area contributed by atoms with Crippen LogP contribution in [0.1, 0.15) is 17.5 Å². The van der Waals surface area contributed by atoms with Crippen molar-refractivity contribution in [2.75, 3.05) is 13.7 Å². The van der Waals surface area contributed by atoms with Crippen molar-refractivity contribution in [1.29, 1.82) is 5.41 Å². The molecule has 1 rings (SSSR count). The van der Waals surface area contributed by atoms with Crippen LogP contribution in [0.2, 0.25) is 0 Å². The van der Waals surface area contributed by atoms with Crippen molar-refractivity contribution >= 4 is 5.90 Å². The van der Waals surface area contributed by atoms with Crippen LogP contribution in [0.25, 0.3) is 0 Å². The first-order valence-corrected chi connectivity index (χ1v) is 4.95. The van der Waals surface area contributed by atoms with E-state index >= 15 is 0 Å². The van der Waals surface area contributed by atoms with Gasteiger partial charge in [-0.15, -0.1) is 0 Å². The van der Waals surface area contributed by atoms with Crippen LogP contribution >= 0.6 is 0 Å². The Labute approximate surface area is 90.5 Å². The molecule has 1 N–H and O–H groups in total. The summed E-state index contributed by atoms with van der Waals surface area (Å²) in [6, 6.07) is 6.06. The zero-order valence-electron chi connectivity index (χ0n) is 9.46. The minimum Gasteiger partial charge on any atom is -0.493 e. The van der Waals surface area contributed by atoms with Gasteiger partial charge >= 0.3 is 0 Å². The van der Waals surface area contributed by atoms with Gasteiger partial charge in [-0.3, -0.25) is 5.41 Å². The third-order valence-electron chi connectivity index (χ3n) is 2.16. The van der Waals surface area contributed by atoms with Crippen LogP contribution in [-0.2, 0) is 4.74 Å². The molecule has 82 valence electrons. The van der Waals surface area contributed by atoms with Gasteiger partial charge in [0.2, 0.25) is 0 Å². The van der Waals surface area contributed by atoms with Gasteiger partial charge in [-0.25, -0.2) is 0 Å². The highest BCUT2D eigenvalue weighted by atomic mass is 16.5. The predicted octanol–water partition coefficient (Wildman–Crippen LogP) is 2.70. The second-order valence-electron chi connectivity index (χ2n) is 3.49. The van der Waals surface area contributed by atoms with Crippen molar-refractivity contribution in [2.24, 2.45) is 0 Å². The van der Waals surface area contributed by atoms with Crippen molar-refractivity contribution in [3.05, 3.63) is 29.3 Å². The van der Waals surface area contributed by atoms with E-state index in [-0.39, 0.29) is 5.90 Å². The van der Waals surface area contributed by atoms with E-state index in [1.807, 2.05) is 19.1 Å². The predicted molar refractivity (Wildman–Crippen MR) is 60.8 cm³/mol. The molecule has 0 amide bonds. The number of methoxy groups -OCH3 is 1. The lowest BCUT2D eigenvalue weighted by Gasteiger charge is -2.09. The molecular formula is C12H17NO2. The first kappa shape index (κ1) is 11.6. The molecule has 0 heterocycles. The molecule has 0 saturated heterocycles. The molecule has 0 bridgehead atoms. The Bertz CT molecular complexity index is 347. The summed E-state index contributed by atoms with van der Waals surface area (Å²) in [5.41, 5.74) is 2.35. The van der Waals surface area contributed by atoms with E-state index in [0.717, 1.165) is 11.3 Å². The van der Waals surface area contributed by atoms with E-state index in [4.69, 9.17) is 14.9 Å². The molecule has 1 aromatic rings. The van der Waals surface area contributed by atoms with E-state index in [1.165, 1.54) is 12.7 Å². The van der Waals surface area contributed by atoms with E-state index in [0.29, 0.717) is 13.0 Å². The number of nitrogens with one attached hydrogen (secondary N) is 1. The normalized spacial score (nSPS) is 9.80. The number of rotatable bonds is 4. The van der Waals surface area contributed by atoms with Crippen LogP contribution in [0.5, 0.6) is 5.75 Å². The van der Waals surface area contributed by atoms with Crippen LogP contribution in [0, 0.1) is 19.3 Å². The number of benzene rings is 1. The lowest BCUT2D eigenvalue weighted by Crippen LogP contribution is -2.07. The lowest BCUT2D eigenvalue weighted by atomic mass is 10.1. The Kier molecular flexibility index (Phi) is 4.16.